The molecule has 0 radical (unpaired) electrons. The summed E-state index contributed by atoms with van der Waals surface area (Å²) in [7, 11) is 3.31. The summed E-state index contributed by atoms with van der Waals surface area (Å²) in [4.78, 5) is 0. The van der Waals surface area contributed by atoms with Crippen LogP contribution >= 0.6 is 11.6 Å². The highest BCUT2D eigenvalue weighted by molar-refractivity contribution is 6.32. The number of nitrogens with one attached hydrogen (secondary N) is 1. The van der Waals surface area contributed by atoms with Gasteiger partial charge in [-0.05, 0) is 35.4 Å². The van der Waals surface area contributed by atoms with Crippen molar-refractivity contribution in [2.24, 2.45) is 0 Å². The van der Waals surface area contributed by atoms with Crippen LogP contribution in [0.15, 0.2) is 42.5 Å². The van der Waals surface area contributed by atoms with Gasteiger partial charge >= 0.3 is 0 Å². The predicted molar refractivity (Wildman–Crippen MR) is 82.5 cm³/mol. The minimum Gasteiger partial charge on any atom is -0.495 e. The molecule has 2 aromatic carbocycles. The molecule has 0 fully saturated rings. The number of hydrogen-bond donors (Lipinski definition) is 1. The lowest BCUT2D eigenvalue weighted by molar-refractivity contribution is 0.185. The van der Waals surface area contributed by atoms with Gasteiger partial charge in [-0.25, -0.2) is 0 Å². The third kappa shape index (κ3) is 3.89. The summed E-state index contributed by atoms with van der Waals surface area (Å²) in [5.41, 5.74) is 3.31. The maximum Gasteiger partial charge on any atom is 0.137 e. The molecule has 0 saturated carbocycles. The van der Waals surface area contributed by atoms with Crippen molar-refractivity contribution in [1.29, 1.82) is 0 Å². The van der Waals surface area contributed by atoms with Gasteiger partial charge in [0.25, 0.3) is 0 Å². The molecule has 0 atom stereocenters. The minimum atomic E-state index is 0.615. The van der Waals surface area contributed by atoms with Gasteiger partial charge in [0.05, 0.1) is 18.7 Å². The molecule has 3 nitrogen and oxygen atoms in total. The van der Waals surface area contributed by atoms with Crippen molar-refractivity contribution in [3.05, 3.63) is 58.6 Å². The zero-order valence-corrected chi connectivity index (χ0v) is 12.4. The van der Waals surface area contributed by atoms with Gasteiger partial charge in [-0.15, -0.1) is 0 Å². The van der Waals surface area contributed by atoms with Crippen LogP contribution in [0.1, 0.15) is 11.1 Å². The van der Waals surface area contributed by atoms with Crippen molar-refractivity contribution in [2.75, 3.05) is 19.5 Å². The summed E-state index contributed by atoms with van der Waals surface area (Å²) in [6, 6.07) is 13.9. The quantitative estimate of drug-likeness (QED) is 0.869. The number of anilines is 1. The zero-order chi connectivity index (χ0) is 14.4. The lowest BCUT2D eigenvalue weighted by Crippen LogP contribution is -2.00. The van der Waals surface area contributed by atoms with Gasteiger partial charge in [0.15, 0.2) is 0 Å². The number of benzene rings is 2. The van der Waals surface area contributed by atoms with E-state index in [2.05, 4.69) is 11.4 Å². The van der Waals surface area contributed by atoms with Gasteiger partial charge in [0.1, 0.15) is 5.75 Å². The third-order valence-corrected chi connectivity index (χ3v) is 3.25. The highest BCUT2D eigenvalue weighted by Crippen LogP contribution is 2.25. The van der Waals surface area contributed by atoms with Crippen molar-refractivity contribution in [2.45, 2.75) is 13.2 Å². The Balaban J connectivity index is 2.01. The molecule has 0 aliphatic carbocycles. The zero-order valence-electron chi connectivity index (χ0n) is 11.7. The Hall–Kier alpha value is -1.71. The summed E-state index contributed by atoms with van der Waals surface area (Å²) >= 11 is 6.11. The van der Waals surface area contributed by atoms with E-state index in [-0.39, 0.29) is 0 Å². The van der Waals surface area contributed by atoms with Crippen LogP contribution in [0, 0.1) is 0 Å². The van der Waals surface area contributed by atoms with Crippen molar-refractivity contribution < 1.29 is 9.47 Å². The second-order valence-corrected chi connectivity index (χ2v) is 4.86. The Kier molecular flexibility index (Phi) is 5.27. The van der Waals surface area contributed by atoms with Gasteiger partial charge in [0.2, 0.25) is 0 Å². The largest absolute Gasteiger partial charge is 0.495 e. The maximum atomic E-state index is 6.11. The van der Waals surface area contributed by atoms with Crippen LogP contribution in [0.2, 0.25) is 5.02 Å². The first-order valence-corrected chi connectivity index (χ1v) is 6.75. The molecule has 0 spiro atoms. The van der Waals surface area contributed by atoms with Crippen LogP contribution in [0.5, 0.6) is 5.75 Å². The Morgan fingerprint density at radius 1 is 1.05 bits per heavy atom. The molecule has 1 N–H and O–H groups in total. The van der Waals surface area contributed by atoms with Gasteiger partial charge < -0.3 is 14.8 Å². The van der Waals surface area contributed by atoms with E-state index in [0.717, 1.165) is 16.8 Å². The van der Waals surface area contributed by atoms with E-state index >= 15 is 0 Å². The Morgan fingerprint density at radius 2 is 1.90 bits per heavy atom. The molecule has 0 bridgehead atoms. The van der Waals surface area contributed by atoms with Crippen molar-refractivity contribution in [3.63, 3.8) is 0 Å². The van der Waals surface area contributed by atoms with Gasteiger partial charge in [0, 0.05) is 19.3 Å². The Bertz CT molecular complexity index is 572. The van der Waals surface area contributed by atoms with Crippen LogP contribution < -0.4 is 10.1 Å². The number of ether oxygens (including phenoxy) is 2. The summed E-state index contributed by atoms with van der Waals surface area (Å²) < 4.78 is 10.3. The predicted octanol–water partition coefficient (Wildman–Crippen LogP) is 4.11. The summed E-state index contributed by atoms with van der Waals surface area (Å²) in [6.45, 7) is 1.32. The first-order valence-electron chi connectivity index (χ1n) is 6.37. The number of methoxy groups -OCH3 is 2. The van der Waals surface area contributed by atoms with Crippen LogP contribution in [-0.2, 0) is 17.9 Å². The normalized spacial score (nSPS) is 10.3. The van der Waals surface area contributed by atoms with Gasteiger partial charge in [-0.2, -0.15) is 0 Å². The molecule has 106 valence electrons. The smallest absolute Gasteiger partial charge is 0.137 e. The van der Waals surface area contributed by atoms with E-state index in [1.165, 1.54) is 0 Å². The molecule has 0 aliphatic rings. The Morgan fingerprint density at radius 3 is 2.60 bits per heavy atom. The van der Waals surface area contributed by atoms with E-state index < -0.39 is 0 Å². The topological polar surface area (TPSA) is 30.5 Å². The standard InChI is InChI=1S/C16H18ClNO2/c1-19-11-13-4-3-5-14(8-13)18-10-12-6-7-16(20-2)15(17)9-12/h3-9,18H,10-11H2,1-2H3. The van der Waals surface area contributed by atoms with Gasteiger partial charge in [-0.3, -0.25) is 0 Å². The van der Waals surface area contributed by atoms with E-state index in [0.29, 0.717) is 23.9 Å². The average molecular weight is 292 g/mol. The van der Waals surface area contributed by atoms with E-state index in [4.69, 9.17) is 21.1 Å². The van der Waals surface area contributed by atoms with Crippen LogP contribution in [0.4, 0.5) is 5.69 Å². The molecule has 0 aromatic heterocycles. The number of halogens is 1. The molecule has 20 heavy (non-hydrogen) atoms. The number of rotatable bonds is 6. The molecule has 0 heterocycles. The molecule has 0 amide bonds. The molecule has 2 aromatic rings. The fraction of sp³-hybridized carbons (Fsp3) is 0.250. The van der Waals surface area contributed by atoms with Crippen molar-refractivity contribution >= 4 is 17.3 Å². The molecule has 4 heteroatoms. The molecule has 2 rings (SSSR count). The van der Waals surface area contributed by atoms with Gasteiger partial charge in [-0.1, -0.05) is 29.8 Å². The summed E-state index contributed by atoms with van der Waals surface area (Å²) in [6.07, 6.45) is 0. The van der Waals surface area contributed by atoms with Crippen molar-refractivity contribution in [3.8, 4) is 5.75 Å². The lowest BCUT2D eigenvalue weighted by atomic mass is 10.2. The molecule has 0 aliphatic heterocycles. The summed E-state index contributed by atoms with van der Waals surface area (Å²) in [5.74, 6) is 0.692. The summed E-state index contributed by atoms with van der Waals surface area (Å²) in [5, 5.41) is 3.99. The maximum absolute atomic E-state index is 6.11. The van der Waals surface area contributed by atoms with E-state index in [1.54, 1.807) is 14.2 Å². The Labute approximate surface area is 124 Å². The monoisotopic (exact) mass is 291 g/mol. The van der Waals surface area contributed by atoms with E-state index in [9.17, 15) is 0 Å². The molecular weight excluding hydrogens is 274 g/mol. The lowest BCUT2D eigenvalue weighted by Gasteiger charge is -2.10. The SMILES string of the molecule is COCc1cccc(NCc2ccc(OC)c(Cl)c2)c1. The first-order chi connectivity index (χ1) is 9.72. The van der Waals surface area contributed by atoms with Crippen molar-refractivity contribution in [1.82, 2.24) is 0 Å². The third-order valence-electron chi connectivity index (χ3n) is 2.95. The van der Waals surface area contributed by atoms with E-state index in [1.807, 2.05) is 36.4 Å². The number of hydrogen-bond acceptors (Lipinski definition) is 3. The average Bonchev–Trinajstić information content (AvgIpc) is 2.46. The van der Waals surface area contributed by atoms with Crippen LogP contribution in [0.25, 0.3) is 0 Å². The second-order valence-electron chi connectivity index (χ2n) is 4.46. The molecular formula is C16H18ClNO2. The highest BCUT2D eigenvalue weighted by atomic mass is 35.5. The minimum absolute atomic E-state index is 0.615. The molecule has 0 unspecified atom stereocenters. The highest BCUT2D eigenvalue weighted by Gasteiger charge is 2.02. The van der Waals surface area contributed by atoms with Crippen LogP contribution in [-0.4, -0.2) is 14.2 Å². The fourth-order valence-corrected chi connectivity index (χ4v) is 2.24. The fourth-order valence-electron chi connectivity index (χ4n) is 1.96. The molecule has 0 saturated heterocycles. The first kappa shape index (κ1) is 14.7. The second kappa shape index (κ2) is 7.17. The van der Waals surface area contributed by atoms with Crippen LogP contribution in [0.3, 0.4) is 0 Å².